The van der Waals surface area contributed by atoms with E-state index < -0.39 is 0 Å². The van der Waals surface area contributed by atoms with Gasteiger partial charge in [0.25, 0.3) is 5.91 Å². The number of fused-ring (bicyclic) bond motifs is 1. The first-order chi connectivity index (χ1) is 14.1. The lowest BCUT2D eigenvalue weighted by Gasteiger charge is -2.34. The number of rotatable bonds is 5. The first-order valence-corrected chi connectivity index (χ1v) is 10.5. The first-order valence-electron chi connectivity index (χ1n) is 10.1. The third kappa shape index (κ3) is 4.13. The first kappa shape index (κ1) is 20.2. The lowest BCUT2D eigenvalue weighted by molar-refractivity contribution is 0.0621. The van der Waals surface area contributed by atoms with Crippen molar-refractivity contribution < 1.29 is 14.3 Å². The molecule has 1 amide bonds. The van der Waals surface area contributed by atoms with Crippen molar-refractivity contribution in [3.8, 4) is 5.75 Å². The van der Waals surface area contributed by atoms with Gasteiger partial charge in [-0.05, 0) is 25.1 Å². The molecule has 0 N–H and O–H groups in total. The van der Waals surface area contributed by atoms with E-state index in [0.717, 1.165) is 44.9 Å². The molecule has 8 heteroatoms. The van der Waals surface area contributed by atoms with Gasteiger partial charge in [0.05, 0.1) is 31.6 Å². The van der Waals surface area contributed by atoms with E-state index in [1.165, 1.54) is 11.3 Å². The van der Waals surface area contributed by atoms with Crippen LogP contribution in [0.1, 0.15) is 34.2 Å². The van der Waals surface area contributed by atoms with E-state index in [9.17, 15) is 4.79 Å². The van der Waals surface area contributed by atoms with Crippen molar-refractivity contribution in [1.29, 1.82) is 0 Å². The Morgan fingerprint density at radius 2 is 2.07 bits per heavy atom. The topological polar surface area (TPSA) is 59.8 Å². The lowest BCUT2D eigenvalue weighted by Crippen LogP contribution is -2.48. The number of aromatic nitrogens is 2. The third-order valence-electron chi connectivity index (χ3n) is 5.71. The normalized spacial score (nSPS) is 17.3. The van der Waals surface area contributed by atoms with Crippen molar-refractivity contribution in [3.05, 3.63) is 45.7 Å². The minimum Gasteiger partial charge on any atom is -0.496 e. The lowest BCUT2D eigenvalue weighted by atomic mass is 10.1. The second-order valence-electron chi connectivity index (χ2n) is 7.40. The summed E-state index contributed by atoms with van der Waals surface area (Å²) in [6.45, 7) is 8.22. The quantitative estimate of drug-likeness (QED) is 0.747. The molecule has 2 aliphatic heterocycles. The van der Waals surface area contributed by atoms with Crippen LogP contribution in [0.25, 0.3) is 0 Å². The van der Waals surface area contributed by atoms with E-state index in [-0.39, 0.29) is 5.91 Å². The number of hydrogen-bond acceptors (Lipinski definition) is 5. The van der Waals surface area contributed by atoms with Crippen LogP contribution in [-0.2, 0) is 30.9 Å². The van der Waals surface area contributed by atoms with E-state index in [0.29, 0.717) is 36.0 Å². The minimum atomic E-state index is -0.0146. The fourth-order valence-electron chi connectivity index (χ4n) is 4.10. The van der Waals surface area contributed by atoms with Crippen molar-refractivity contribution in [2.45, 2.75) is 33.0 Å². The highest BCUT2D eigenvalue weighted by Crippen LogP contribution is 2.26. The summed E-state index contributed by atoms with van der Waals surface area (Å²) in [5.74, 6) is 0.501. The van der Waals surface area contributed by atoms with Crippen LogP contribution >= 0.6 is 11.6 Å². The molecule has 2 aromatic rings. The van der Waals surface area contributed by atoms with Crippen molar-refractivity contribution in [2.24, 2.45) is 0 Å². The number of carbonyl (C=O) groups is 1. The Balaban J connectivity index is 1.40. The zero-order valence-electron chi connectivity index (χ0n) is 17.0. The summed E-state index contributed by atoms with van der Waals surface area (Å²) in [4.78, 5) is 17.2. The van der Waals surface area contributed by atoms with Gasteiger partial charge in [-0.25, -0.2) is 0 Å². The molecular weight excluding hydrogens is 392 g/mol. The van der Waals surface area contributed by atoms with Gasteiger partial charge in [0.2, 0.25) is 0 Å². The standard InChI is InChI=1S/C21H27ClN4O3/c1-3-26-19-6-11-29-14-17(19)18(23-26)13-24-7-9-25(10-8-24)21(27)16-5-4-15(22)12-20(16)28-2/h4-5,12H,3,6-11,13-14H2,1-2H3. The van der Waals surface area contributed by atoms with Gasteiger partial charge >= 0.3 is 0 Å². The average Bonchev–Trinajstić information content (AvgIpc) is 3.11. The van der Waals surface area contributed by atoms with Gasteiger partial charge in [-0.15, -0.1) is 0 Å². The molecule has 29 heavy (non-hydrogen) atoms. The molecule has 1 aromatic carbocycles. The van der Waals surface area contributed by atoms with Gasteiger partial charge in [-0.1, -0.05) is 11.6 Å². The monoisotopic (exact) mass is 418 g/mol. The zero-order chi connectivity index (χ0) is 20.4. The molecule has 0 saturated carbocycles. The molecule has 3 heterocycles. The molecule has 0 radical (unpaired) electrons. The predicted molar refractivity (Wildman–Crippen MR) is 110 cm³/mol. The van der Waals surface area contributed by atoms with E-state index in [1.807, 2.05) is 4.90 Å². The van der Waals surface area contributed by atoms with E-state index in [2.05, 4.69) is 16.5 Å². The summed E-state index contributed by atoms with van der Waals surface area (Å²) in [7, 11) is 1.56. The van der Waals surface area contributed by atoms with Gasteiger partial charge in [-0.2, -0.15) is 5.10 Å². The maximum atomic E-state index is 12.9. The smallest absolute Gasteiger partial charge is 0.257 e. The van der Waals surface area contributed by atoms with Crippen molar-refractivity contribution >= 4 is 17.5 Å². The number of hydrogen-bond donors (Lipinski definition) is 0. The zero-order valence-corrected chi connectivity index (χ0v) is 17.7. The van der Waals surface area contributed by atoms with E-state index >= 15 is 0 Å². The molecule has 0 bridgehead atoms. The Bertz CT molecular complexity index is 890. The summed E-state index contributed by atoms with van der Waals surface area (Å²) >= 11 is 6.02. The van der Waals surface area contributed by atoms with Crippen LogP contribution in [0.3, 0.4) is 0 Å². The highest BCUT2D eigenvalue weighted by Gasteiger charge is 2.27. The average molecular weight is 419 g/mol. The van der Waals surface area contributed by atoms with Gasteiger partial charge in [0.1, 0.15) is 5.75 Å². The van der Waals surface area contributed by atoms with Crippen LogP contribution in [0.15, 0.2) is 18.2 Å². The number of ether oxygens (including phenoxy) is 2. The molecule has 4 rings (SSSR count). The van der Waals surface area contributed by atoms with Crippen LogP contribution in [0.5, 0.6) is 5.75 Å². The molecule has 7 nitrogen and oxygen atoms in total. The summed E-state index contributed by atoms with van der Waals surface area (Å²) in [5, 5.41) is 5.38. The van der Waals surface area contributed by atoms with Crippen LogP contribution in [0, 0.1) is 0 Å². The molecule has 1 fully saturated rings. The number of amides is 1. The molecule has 0 aliphatic carbocycles. The van der Waals surface area contributed by atoms with Crippen molar-refractivity contribution in [3.63, 3.8) is 0 Å². The number of methoxy groups -OCH3 is 1. The minimum absolute atomic E-state index is 0.0146. The molecule has 0 atom stereocenters. The van der Waals surface area contributed by atoms with Crippen molar-refractivity contribution in [1.82, 2.24) is 19.6 Å². The summed E-state index contributed by atoms with van der Waals surface area (Å²) in [6, 6.07) is 5.14. The van der Waals surface area contributed by atoms with Crippen LogP contribution in [-0.4, -0.2) is 65.4 Å². The Kier molecular flexibility index (Phi) is 6.08. The molecule has 156 valence electrons. The summed E-state index contributed by atoms with van der Waals surface area (Å²) < 4.78 is 13.1. The van der Waals surface area contributed by atoms with Gasteiger partial charge < -0.3 is 14.4 Å². The number of carbonyl (C=O) groups excluding carboxylic acids is 1. The van der Waals surface area contributed by atoms with E-state index in [1.54, 1.807) is 25.3 Å². The second-order valence-corrected chi connectivity index (χ2v) is 7.84. The molecular formula is C21H27ClN4O3. The van der Waals surface area contributed by atoms with Crippen LogP contribution < -0.4 is 4.74 Å². The van der Waals surface area contributed by atoms with Gasteiger partial charge in [-0.3, -0.25) is 14.4 Å². The fourth-order valence-corrected chi connectivity index (χ4v) is 4.26. The van der Waals surface area contributed by atoms with Crippen LogP contribution in [0.4, 0.5) is 0 Å². The van der Waals surface area contributed by atoms with Crippen molar-refractivity contribution in [2.75, 3.05) is 39.9 Å². The Hall–Kier alpha value is -2.09. The summed E-state index contributed by atoms with van der Waals surface area (Å²) in [6.07, 6.45) is 0.932. The van der Waals surface area contributed by atoms with E-state index in [4.69, 9.17) is 26.2 Å². The molecule has 0 spiro atoms. The number of piperazine rings is 1. The number of halogens is 1. The third-order valence-corrected chi connectivity index (χ3v) is 5.94. The highest BCUT2D eigenvalue weighted by molar-refractivity contribution is 6.30. The Labute approximate surface area is 176 Å². The number of nitrogens with zero attached hydrogens (tertiary/aromatic N) is 4. The Morgan fingerprint density at radius 1 is 1.28 bits per heavy atom. The predicted octanol–water partition coefficient (Wildman–Crippen LogP) is 2.60. The number of aryl methyl sites for hydroxylation is 1. The highest BCUT2D eigenvalue weighted by atomic mass is 35.5. The molecule has 2 aliphatic rings. The molecule has 1 aromatic heterocycles. The van der Waals surface area contributed by atoms with Gasteiger partial charge in [0.15, 0.2) is 0 Å². The second kappa shape index (κ2) is 8.73. The van der Waals surface area contributed by atoms with Crippen LogP contribution in [0.2, 0.25) is 5.02 Å². The largest absolute Gasteiger partial charge is 0.496 e. The maximum absolute atomic E-state index is 12.9. The SMILES string of the molecule is CCn1nc(CN2CCN(C(=O)c3ccc(Cl)cc3OC)CC2)c2c1CCOC2. The Morgan fingerprint density at radius 3 is 2.79 bits per heavy atom. The molecule has 1 saturated heterocycles. The van der Waals surface area contributed by atoms with Gasteiger partial charge in [0, 0.05) is 62.0 Å². The fraction of sp³-hybridized carbons (Fsp3) is 0.524. The summed E-state index contributed by atoms with van der Waals surface area (Å²) in [5.41, 5.74) is 4.24. The maximum Gasteiger partial charge on any atom is 0.257 e. The molecule has 0 unspecified atom stereocenters. The number of benzene rings is 1.